The molecule has 1 amide bonds. The minimum atomic E-state index is -0.302. The standard InChI is InChI=1S/C10H18N2O2/c11-10(5-1-2-6-10)7-14-9(13)12-8-3-4-8/h8H,1-7,11H2,(H,12,13). The summed E-state index contributed by atoms with van der Waals surface area (Å²) in [6.07, 6.45) is 6.14. The van der Waals surface area contributed by atoms with Gasteiger partial charge in [-0.2, -0.15) is 0 Å². The number of ether oxygens (including phenoxy) is 1. The van der Waals surface area contributed by atoms with Crippen LogP contribution in [0.4, 0.5) is 4.79 Å². The van der Waals surface area contributed by atoms with Gasteiger partial charge in [-0.25, -0.2) is 4.79 Å². The van der Waals surface area contributed by atoms with Crippen LogP contribution in [0.5, 0.6) is 0 Å². The third-order valence-corrected chi connectivity index (χ3v) is 2.99. The fourth-order valence-corrected chi connectivity index (χ4v) is 1.87. The number of amides is 1. The van der Waals surface area contributed by atoms with Crippen molar-refractivity contribution in [1.29, 1.82) is 0 Å². The van der Waals surface area contributed by atoms with Crippen molar-refractivity contribution >= 4 is 6.09 Å². The first-order valence-corrected chi connectivity index (χ1v) is 5.40. The summed E-state index contributed by atoms with van der Waals surface area (Å²) in [5.74, 6) is 0. The van der Waals surface area contributed by atoms with Crippen molar-refractivity contribution in [3.63, 3.8) is 0 Å². The molecule has 0 radical (unpaired) electrons. The zero-order chi connectivity index (χ0) is 10.0. The van der Waals surface area contributed by atoms with Crippen LogP contribution in [-0.2, 0) is 4.74 Å². The first-order chi connectivity index (χ1) is 6.68. The Kier molecular flexibility index (Phi) is 2.63. The van der Waals surface area contributed by atoms with E-state index >= 15 is 0 Å². The molecule has 2 fully saturated rings. The molecule has 2 aliphatic rings. The lowest BCUT2D eigenvalue weighted by molar-refractivity contribution is 0.117. The van der Waals surface area contributed by atoms with Gasteiger partial charge in [-0.3, -0.25) is 0 Å². The lowest BCUT2D eigenvalue weighted by Crippen LogP contribution is -2.43. The Bertz CT molecular complexity index is 220. The van der Waals surface area contributed by atoms with Crippen LogP contribution < -0.4 is 11.1 Å². The fourth-order valence-electron chi connectivity index (χ4n) is 1.87. The van der Waals surface area contributed by atoms with Crippen molar-refractivity contribution in [2.75, 3.05) is 6.61 Å². The average Bonchev–Trinajstić information content (AvgIpc) is 2.85. The number of carbonyl (C=O) groups is 1. The van der Waals surface area contributed by atoms with E-state index in [2.05, 4.69) is 5.32 Å². The van der Waals surface area contributed by atoms with Gasteiger partial charge in [0.05, 0.1) is 5.54 Å². The molecule has 2 saturated carbocycles. The highest BCUT2D eigenvalue weighted by atomic mass is 16.5. The van der Waals surface area contributed by atoms with Gasteiger partial charge in [0.25, 0.3) is 0 Å². The Morgan fingerprint density at radius 1 is 1.43 bits per heavy atom. The maximum atomic E-state index is 11.2. The van der Waals surface area contributed by atoms with Crippen LogP contribution in [0, 0.1) is 0 Å². The molecule has 2 rings (SSSR count). The summed E-state index contributed by atoms with van der Waals surface area (Å²) in [5.41, 5.74) is 5.80. The molecule has 14 heavy (non-hydrogen) atoms. The van der Waals surface area contributed by atoms with E-state index in [4.69, 9.17) is 10.5 Å². The van der Waals surface area contributed by atoms with Gasteiger partial charge in [0.1, 0.15) is 6.61 Å². The van der Waals surface area contributed by atoms with Crippen LogP contribution in [0.25, 0.3) is 0 Å². The van der Waals surface area contributed by atoms with E-state index in [-0.39, 0.29) is 11.6 Å². The Morgan fingerprint density at radius 2 is 2.07 bits per heavy atom. The van der Waals surface area contributed by atoms with E-state index in [0.717, 1.165) is 38.5 Å². The second-order valence-electron chi connectivity index (χ2n) is 4.56. The van der Waals surface area contributed by atoms with Gasteiger partial charge in [0.2, 0.25) is 0 Å². The highest BCUT2D eigenvalue weighted by Gasteiger charge is 2.31. The van der Waals surface area contributed by atoms with Gasteiger partial charge in [0, 0.05) is 6.04 Å². The number of nitrogens with one attached hydrogen (secondary N) is 1. The molecule has 0 spiro atoms. The second kappa shape index (κ2) is 3.77. The Balaban J connectivity index is 1.67. The van der Waals surface area contributed by atoms with Crippen molar-refractivity contribution < 1.29 is 9.53 Å². The third kappa shape index (κ3) is 2.61. The molecule has 3 N–H and O–H groups in total. The molecule has 80 valence electrons. The van der Waals surface area contributed by atoms with Crippen LogP contribution >= 0.6 is 0 Å². The largest absolute Gasteiger partial charge is 0.448 e. The van der Waals surface area contributed by atoms with Crippen molar-refractivity contribution in [2.24, 2.45) is 5.73 Å². The highest BCUT2D eigenvalue weighted by molar-refractivity contribution is 5.68. The van der Waals surface area contributed by atoms with Crippen molar-refractivity contribution in [1.82, 2.24) is 5.32 Å². The zero-order valence-electron chi connectivity index (χ0n) is 8.42. The smallest absolute Gasteiger partial charge is 0.407 e. The summed E-state index contributed by atoms with van der Waals surface area (Å²) in [5, 5.41) is 2.78. The Labute approximate surface area is 84.2 Å². The monoisotopic (exact) mass is 198 g/mol. The van der Waals surface area contributed by atoms with E-state index < -0.39 is 0 Å². The quantitative estimate of drug-likeness (QED) is 0.715. The van der Waals surface area contributed by atoms with Crippen LogP contribution in [0.1, 0.15) is 38.5 Å². The molecule has 0 atom stereocenters. The van der Waals surface area contributed by atoms with Crippen molar-refractivity contribution in [2.45, 2.75) is 50.1 Å². The van der Waals surface area contributed by atoms with Crippen LogP contribution in [-0.4, -0.2) is 24.3 Å². The summed E-state index contributed by atoms with van der Waals surface area (Å²) in [6, 6.07) is 0.361. The maximum absolute atomic E-state index is 11.2. The molecule has 0 heterocycles. The number of alkyl carbamates (subject to hydrolysis) is 1. The van der Waals surface area contributed by atoms with Gasteiger partial charge in [-0.1, -0.05) is 12.8 Å². The summed E-state index contributed by atoms with van der Waals surface area (Å²) < 4.78 is 5.10. The minimum Gasteiger partial charge on any atom is -0.448 e. The average molecular weight is 198 g/mol. The van der Waals surface area contributed by atoms with Crippen LogP contribution in [0.3, 0.4) is 0 Å². The van der Waals surface area contributed by atoms with Crippen molar-refractivity contribution in [3.8, 4) is 0 Å². The van der Waals surface area contributed by atoms with Gasteiger partial charge < -0.3 is 15.8 Å². The van der Waals surface area contributed by atoms with E-state index in [1.165, 1.54) is 0 Å². The summed E-state index contributed by atoms with van der Waals surface area (Å²) in [4.78, 5) is 11.2. The van der Waals surface area contributed by atoms with E-state index in [1.807, 2.05) is 0 Å². The molecule has 0 unspecified atom stereocenters. The molecule has 2 aliphatic carbocycles. The van der Waals surface area contributed by atoms with Crippen LogP contribution in [0.15, 0.2) is 0 Å². The summed E-state index contributed by atoms with van der Waals surface area (Å²) in [6.45, 7) is 0.367. The predicted octanol–water partition coefficient (Wildman–Crippen LogP) is 1.15. The topological polar surface area (TPSA) is 64.3 Å². The van der Waals surface area contributed by atoms with Gasteiger partial charge in [-0.05, 0) is 25.7 Å². The van der Waals surface area contributed by atoms with E-state index in [1.54, 1.807) is 0 Å². The normalized spacial score (nSPS) is 24.6. The fraction of sp³-hybridized carbons (Fsp3) is 0.900. The SMILES string of the molecule is NC1(COC(=O)NC2CC2)CCCC1. The third-order valence-electron chi connectivity index (χ3n) is 2.99. The molecular formula is C10H18N2O2. The highest BCUT2D eigenvalue weighted by Crippen LogP contribution is 2.27. The van der Waals surface area contributed by atoms with Crippen LogP contribution in [0.2, 0.25) is 0 Å². The molecule has 0 bridgehead atoms. The first kappa shape index (κ1) is 9.77. The van der Waals surface area contributed by atoms with E-state index in [9.17, 15) is 4.79 Å². The number of hydrogen-bond acceptors (Lipinski definition) is 3. The summed E-state index contributed by atoms with van der Waals surface area (Å²) >= 11 is 0. The molecular weight excluding hydrogens is 180 g/mol. The van der Waals surface area contributed by atoms with E-state index in [0.29, 0.717) is 12.6 Å². The van der Waals surface area contributed by atoms with Crippen molar-refractivity contribution in [3.05, 3.63) is 0 Å². The molecule has 0 aliphatic heterocycles. The Hall–Kier alpha value is -0.770. The number of nitrogens with two attached hydrogens (primary N) is 1. The number of carbonyl (C=O) groups excluding carboxylic acids is 1. The number of hydrogen-bond donors (Lipinski definition) is 2. The van der Waals surface area contributed by atoms with Gasteiger partial charge in [-0.15, -0.1) is 0 Å². The molecule has 4 heteroatoms. The molecule has 0 aromatic carbocycles. The first-order valence-electron chi connectivity index (χ1n) is 5.40. The molecule has 0 aromatic rings. The van der Waals surface area contributed by atoms with Gasteiger partial charge >= 0.3 is 6.09 Å². The molecule has 0 aromatic heterocycles. The predicted molar refractivity (Wildman–Crippen MR) is 52.9 cm³/mol. The number of rotatable bonds is 3. The van der Waals surface area contributed by atoms with Gasteiger partial charge in [0.15, 0.2) is 0 Å². The minimum absolute atomic E-state index is 0.249. The lowest BCUT2D eigenvalue weighted by Gasteiger charge is -2.22. The Morgan fingerprint density at radius 3 is 2.64 bits per heavy atom. The summed E-state index contributed by atoms with van der Waals surface area (Å²) in [7, 11) is 0. The molecule has 0 saturated heterocycles. The lowest BCUT2D eigenvalue weighted by atomic mass is 10.0. The molecule has 4 nitrogen and oxygen atoms in total. The maximum Gasteiger partial charge on any atom is 0.407 e. The second-order valence-corrected chi connectivity index (χ2v) is 4.56. The zero-order valence-corrected chi connectivity index (χ0v) is 8.42.